The Labute approximate surface area is 325 Å². The first kappa shape index (κ1) is 47.4. The number of nitrogens with zero attached hydrogens (tertiary/aromatic N) is 1. The summed E-state index contributed by atoms with van der Waals surface area (Å²) in [6.45, 7) is 0.0561. The van der Waals surface area contributed by atoms with Crippen molar-refractivity contribution < 1.29 is 83.1 Å². The highest BCUT2D eigenvalue weighted by molar-refractivity contribution is 6.01. The first-order valence-electron chi connectivity index (χ1n) is 18.4. The second-order valence-electron chi connectivity index (χ2n) is 13.6. The molecule has 1 aliphatic carbocycles. The van der Waals surface area contributed by atoms with E-state index in [0.29, 0.717) is 24.4 Å². The van der Waals surface area contributed by atoms with E-state index in [-0.39, 0.29) is 51.7 Å². The molecule has 0 radical (unpaired) electrons. The lowest BCUT2D eigenvalue weighted by Crippen LogP contribution is -2.58. The van der Waals surface area contributed by atoms with Gasteiger partial charge in [-0.05, 0) is 70.8 Å². The number of unbranched alkanes of at least 4 members (excludes halogenated alkanes) is 1. The zero-order chi connectivity index (χ0) is 42.7. The normalized spacial score (nSPS) is 18.6. The molecular weight excluding hydrogens is 764 g/mol. The van der Waals surface area contributed by atoms with E-state index in [1.165, 1.54) is 0 Å². The third kappa shape index (κ3) is 16.9. The SMILES string of the molecule is O=C(O)CC[C@@H](NC(=O)C1CCC(C(=O)ON2C(=O)CCC2=O)CC1)C(=O)N[C@H](CCC(=O)O)C(=O)N[C@H](CCC(=O)O)C(=O)N[C@H](CCCCNCO)C(=O)O. The van der Waals surface area contributed by atoms with Gasteiger partial charge < -0.3 is 51.6 Å². The Bertz CT molecular complexity index is 1500. The number of carbonyl (C=O) groups excluding carboxylic acids is 7. The summed E-state index contributed by atoms with van der Waals surface area (Å²) in [7, 11) is 0. The molecule has 0 aromatic heterocycles. The number of imide groups is 1. The Morgan fingerprint density at radius 1 is 0.596 bits per heavy atom. The molecule has 1 saturated heterocycles. The number of carboxylic acids is 4. The van der Waals surface area contributed by atoms with Gasteiger partial charge in [-0.2, -0.15) is 0 Å². The van der Waals surface area contributed by atoms with Crippen LogP contribution in [0.2, 0.25) is 0 Å². The van der Waals surface area contributed by atoms with E-state index >= 15 is 0 Å². The van der Waals surface area contributed by atoms with Crippen LogP contribution >= 0.6 is 0 Å². The molecular formula is C34H50N6O17. The number of rotatable bonds is 26. The summed E-state index contributed by atoms with van der Waals surface area (Å²) in [6, 6.07) is -6.41. The molecule has 0 aromatic carbocycles. The topological polar surface area (TPSA) is 362 Å². The van der Waals surface area contributed by atoms with Gasteiger partial charge in [0.15, 0.2) is 0 Å². The van der Waals surface area contributed by atoms with Crippen molar-refractivity contribution >= 4 is 65.3 Å². The lowest BCUT2D eigenvalue weighted by molar-refractivity contribution is -0.201. The van der Waals surface area contributed by atoms with Crippen molar-refractivity contribution in [1.29, 1.82) is 0 Å². The highest BCUT2D eigenvalue weighted by atomic mass is 16.7. The molecule has 4 atom stereocenters. The van der Waals surface area contributed by atoms with Crippen molar-refractivity contribution in [3.05, 3.63) is 0 Å². The summed E-state index contributed by atoms with van der Waals surface area (Å²) in [5.41, 5.74) is 0. The largest absolute Gasteiger partial charge is 0.481 e. The summed E-state index contributed by atoms with van der Waals surface area (Å²) in [5.74, 6) is -13.2. The van der Waals surface area contributed by atoms with Gasteiger partial charge >= 0.3 is 29.8 Å². The smallest absolute Gasteiger partial charge is 0.336 e. The molecule has 10 N–H and O–H groups in total. The van der Waals surface area contributed by atoms with Crippen LogP contribution in [0.3, 0.4) is 0 Å². The van der Waals surface area contributed by atoms with Crippen molar-refractivity contribution in [1.82, 2.24) is 31.6 Å². The van der Waals surface area contributed by atoms with Crippen LogP contribution in [0.5, 0.6) is 0 Å². The number of aliphatic hydroxyl groups is 1. The fourth-order valence-corrected chi connectivity index (χ4v) is 6.06. The number of hydroxylamine groups is 2. The van der Waals surface area contributed by atoms with E-state index in [1.54, 1.807) is 0 Å². The maximum absolute atomic E-state index is 13.5. The van der Waals surface area contributed by atoms with Gasteiger partial charge in [-0.3, -0.25) is 48.5 Å². The van der Waals surface area contributed by atoms with E-state index in [9.17, 15) is 73.2 Å². The molecule has 0 unspecified atom stereocenters. The molecule has 318 valence electrons. The second kappa shape index (κ2) is 24.0. The molecule has 2 rings (SSSR count). The first-order chi connectivity index (χ1) is 26.9. The number of hydrogen-bond donors (Lipinski definition) is 10. The lowest BCUT2D eigenvalue weighted by atomic mass is 9.81. The molecule has 0 spiro atoms. The Balaban J connectivity index is 2.16. The average molecular weight is 815 g/mol. The number of nitrogens with one attached hydrogen (secondary N) is 5. The monoisotopic (exact) mass is 814 g/mol. The highest BCUT2D eigenvalue weighted by Crippen LogP contribution is 2.30. The van der Waals surface area contributed by atoms with Crippen LogP contribution in [0, 0.1) is 11.8 Å². The van der Waals surface area contributed by atoms with Gasteiger partial charge in [0.25, 0.3) is 11.8 Å². The van der Waals surface area contributed by atoms with E-state index in [4.69, 9.17) is 9.94 Å². The van der Waals surface area contributed by atoms with Crippen molar-refractivity contribution in [3.8, 4) is 0 Å². The number of carbonyl (C=O) groups is 11. The number of aliphatic carboxylic acids is 4. The minimum Gasteiger partial charge on any atom is -0.481 e. The van der Waals surface area contributed by atoms with Crippen LogP contribution in [-0.2, 0) is 57.6 Å². The average Bonchev–Trinajstić information content (AvgIpc) is 3.47. The zero-order valence-electron chi connectivity index (χ0n) is 31.1. The number of aliphatic hydroxyl groups excluding tert-OH is 1. The molecule has 1 aliphatic heterocycles. The fourth-order valence-electron chi connectivity index (χ4n) is 6.06. The van der Waals surface area contributed by atoms with Crippen LogP contribution in [-0.4, -0.2) is 133 Å². The Hall–Kier alpha value is -5.71. The maximum atomic E-state index is 13.5. The second-order valence-corrected chi connectivity index (χ2v) is 13.6. The van der Waals surface area contributed by atoms with Gasteiger partial charge in [0.2, 0.25) is 23.6 Å². The van der Waals surface area contributed by atoms with E-state index in [1.807, 2.05) is 0 Å². The van der Waals surface area contributed by atoms with Gasteiger partial charge in [-0.25, -0.2) is 9.59 Å². The predicted molar refractivity (Wildman–Crippen MR) is 188 cm³/mol. The summed E-state index contributed by atoms with van der Waals surface area (Å²) in [4.78, 5) is 141. The first-order valence-corrected chi connectivity index (χ1v) is 18.4. The Morgan fingerprint density at radius 2 is 1.02 bits per heavy atom. The van der Waals surface area contributed by atoms with Gasteiger partial charge in [0.1, 0.15) is 24.2 Å². The summed E-state index contributed by atoms with van der Waals surface area (Å²) in [5, 5.41) is 58.5. The van der Waals surface area contributed by atoms with Gasteiger partial charge in [0, 0.05) is 38.0 Å². The third-order valence-electron chi connectivity index (χ3n) is 9.28. The van der Waals surface area contributed by atoms with Crippen LogP contribution in [0.15, 0.2) is 0 Å². The van der Waals surface area contributed by atoms with Crippen LogP contribution in [0.4, 0.5) is 0 Å². The minimum absolute atomic E-state index is 0.0639. The van der Waals surface area contributed by atoms with Gasteiger partial charge in [-0.1, -0.05) is 0 Å². The summed E-state index contributed by atoms with van der Waals surface area (Å²) in [6.07, 6.45) is -2.67. The van der Waals surface area contributed by atoms with Crippen LogP contribution < -0.4 is 26.6 Å². The molecule has 0 aromatic rings. The minimum atomic E-state index is -1.72. The van der Waals surface area contributed by atoms with Crippen LogP contribution in [0.25, 0.3) is 0 Å². The number of hydrogen-bond acceptors (Lipinski definition) is 14. The molecule has 23 heteroatoms. The van der Waals surface area contributed by atoms with Crippen molar-refractivity contribution in [3.63, 3.8) is 0 Å². The molecule has 6 amide bonds. The molecule has 57 heavy (non-hydrogen) atoms. The molecule has 1 heterocycles. The van der Waals surface area contributed by atoms with Crippen molar-refractivity contribution in [2.24, 2.45) is 11.8 Å². The Morgan fingerprint density at radius 3 is 1.44 bits per heavy atom. The zero-order valence-corrected chi connectivity index (χ0v) is 31.1. The predicted octanol–water partition coefficient (Wildman–Crippen LogP) is -2.27. The van der Waals surface area contributed by atoms with Gasteiger partial charge in [0.05, 0.1) is 12.6 Å². The fraction of sp³-hybridized carbons (Fsp3) is 0.676. The van der Waals surface area contributed by atoms with E-state index in [0.717, 1.165) is 0 Å². The molecule has 0 bridgehead atoms. The molecule has 23 nitrogen and oxygen atoms in total. The van der Waals surface area contributed by atoms with E-state index < -0.39 is 140 Å². The highest BCUT2D eigenvalue weighted by Gasteiger charge is 2.38. The van der Waals surface area contributed by atoms with Gasteiger partial charge in [-0.15, -0.1) is 5.06 Å². The number of amides is 6. The molecule has 1 saturated carbocycles. The standard InChI is InChI=1S/C34H50N6O17/c41-17-35-16-2-1-3-23(33(54)55)39-32(53)22(10-15-28(48)49)38-31(52)21(9-14-27(46)47)37-30(51)20(8-13-26(44)45)36-29(50)18-4-6-19(7-5-18)34(56)57-40-24(42)11-12-25(40)43/h18-23,35,41H,1-17H2,(H,36,50)(H,37,51)(H,38,52)(H,39,53)(H,44,45)(H,46,47)(H,48,49)(H,54,55)/t18?,19?,20-,21-,22-,23-/m1/s1. The molecule has 2 fully saturated rings. The summed E-state index contributed by atoms with van der Waals surface area (Å²) >= 11 is 0. The summed E-state index contributed by atoms with van der Waals surface area (Å²) < 4.78 is 0. The number of carboxylic acid groups (broad SMARTS) is 4. The lowest BCUT2D eigenvalue weighted by Gasteiger charge is -2.29. The Kier molecular flexibility index (Phi) is 20.0. The van der Waals surface area contributed by atoms with E-state index in [2.05, 4.69) is 26.6 Å². The molecule has 2 aliphatic rings. The quantitative estimate of drug-likeness (QED) is 0.0250. The maximum Gasteiger partial charge on any atom is 0.336 e. The van der Waals surface area contributed by atoms with Crippen LogP contribution in [0.1, 0.15) is 96.3 Å². The van der Waals surface area contributed by atoms with Crippen molar-refractivity contribution in [2.75, 3.05) is 13.3 Å². The third-order valence-corrected chi connectivity index (χ3v) is 9.28. The van der Waals surface area contributed by atoms with Crippen molar-refractivity contribution in [2.45, 2.75) is 120 Å².